The fourth-order valence-electron chi connectivity index (χ4n) is 4.20. The average Bonchev–Trinajstić information content (AvgIpc) is 3.00. The maximum absolute atomic E-state index is 13.6. The zero-order valence-electron chi connectivity index (χ0n) is 17.1. The summed E-state index contributed by atoms with van der Waals surface area (Å²) in [5, 5.41) is 39.2. The second-order valence-corrected chi connectivity index (χ2v) is 8.03. The highest BCUT2D eigenvalue weighted by Gasteiger charge is 2.40. The monoisotopic (exact) mass is 421 g/mol. The quantitative estimate of drug-likeness (QED) is 0.173. The van der Waals surface area contributed by atoms with Crippen LogP contribution in [0.4, 0.5) is 4.39 Å². The molecule has 1 aliphatic carbocycles. The molecule has 1 aromatic rings. The van der Waals surface area contributed by atoms with Gasteiger partial charge in [-0.2, -0.15) is 0 Å². The van der Waals surface area contributed by atoms with Crippen molar-refractivity contribution < 1.29 is 29.7 Å². The van der Waals surface area contributed by atoms with Crippen molar-refractivity contribution in [2.24, 2.45) is 11.8 Å². The number of aliphatic hydroxyl groups excluding tert-OH is 3. The fraction of sp³-hybridized carbons (Fsp3) is 0.609. The predicted octanol–water partition coefficient (Wildman–Crippen LogP) is 2.52. The van der Waals surface area contributed by atoms with Crippen molar-refractivity contribution in [2.45, 2.75) is 76.1 Å². The SMILES string of the molecule is O=C(CCCCCCC1C(O)CC(O)C1CCC(O)C#Cc1ccccc1F)NO. The lowest BCUT2D eigenvalue weighted by Gasteiger charge is -2.24. The number of carbonyl (C=O) groups is 1. The molecule has 0 aromatic heterocycles. The van der Waals surface area contributed by atoms with Crippen LogP contribution in [0.2, 0.25) is 0 Å². The van der Waals surface area contributed by atoms with E-state index in [-0.39, 0.29) is 29.7 Å². The molecule has 1 aliphatic rings. The van der Waals surface area contributed by atoms with Crippen molar-refractivity contribution in [1.82, 2.24) is 5.48 Å². The van der Waals surface area contributed by atoms with E-state index < -0.39 is 24.1 Å². The molecule has 5 unspecified atom stereocenters. The van der Waals surface area contributed by atoms with Crippen molar-refractivity contribution >= 4 is 5.91 Å². The minimum Gasteiger partial charge on any atom is -0.393 e. The first-order valence-electron chi connectivity index (χ1n) is 10.7. The third-order valence-electron chi connectivity index (χ3n) is 5.86. The van der Waals surface area contributed by atoms with Gasteiger partial charge in [0.15, 0.2) is 0 Å². The van der Waals surface area contributed by atoms with E-state index in [1.807, 2.05) is 0 Å². The summed E-state index contributed by atoms with van der Waals surface area (Å²) in [5.41, 5.74) is 1.85. The van der Waals surface area contributed by atoms with Gasteiger partial charge in [0.25, 0.3) is 0 Å². The average molecular weight is 422 g/mol. The highest BCUT2D eigenvalue weighted by Crippen LogP contribution is 2.39. The molecule has 0 radical (unpaired) electrons. The van der Waals surface area contributed by atoms with Crippen LogP contribution in [0.5, 0.6) is 0 Å². The standard InChI is InChI=1S/C23H32FNO5/c24-20-9-6-5-7-16(20)11-12-17(26)13-14-19-18(21(27)15-22(19)28)8-3-1-2-4-10-23(29)25-30/h5-7,9,17-19,21-22,26-28,30H,1-4,8,10,13-15H2,(H,25,29). The van der Waals surface area contributed by atoms with Crippen molar-refractivity contribution in [2.75, 3.05) is 0 Å². The first-order valence-corrected chi connectivity index (χ1v) is 10.7. The van der Waals surface area contributed by atoms with Crippen LogP contribution in [0.3, 0.4) is 0 Å². The lowest BCUT2D eigenvalue weighted by atomic mass is 9.85. The molecule has 6 nitrogen and oxygen atoms in total. The van der Waals surface area contributed by atoms with E-state index in [9.17, 15) is 24.5 Å². The minimum absolute atomic E-state index is 0.0348. The van der Waals surface area contributed by atoms with Crippen LogP contribution in [-0.2, 0) is 4.79 Å². The van der Waals surface area contributed by atoms with E-state index >= 15 is 0 Å². The van der Waals surface area contributed by atoms with Crippen LogP contribution in [0.1, 0.15) is 63.4 Å². The zero-order chi connectivity index (χ0) is 21.9. The molecular weight excluding hydrogens is 389 g/mol. The third kappa shape index (κ3) is 7.69. The van der Waals surface area contributed by atoms with Crippen molar-refractivity contribution in [3.63, 3.8) is 0 Å². The molecule has 7 heteroatoms. The Hall–Kier alpha value is -1.98. The van der Waals surface area contributed by atoms with Crippen LogP contribution in [0.15, 0.2) is 24.3 Å². The van der Waals surface area contributed by atoms with Gasteiger partial charge in [0.1, 0.15) is 11.9 Å². The number of aliphatic hydroxyl groups is 3. The lowest BCUT2D eigenvalue weighted by molar-refractivity contribution is -0.129. The molecule has 30 heavy (non-hydrogen) atoms. The summed E-state index contributed by atoms with van der Waals surface area (Å²) >= 11 is 0. The molecule has 1 amide bonds. The van der Waals surface area contributed by atoms with Crippen LogP contribution in [0, 0.1) is 29.5 Å². The Labute approximate surface area is 177 Å². The highest BCUT2D eigenvalue weighted by molar-refractivity contribution is 5.74. The van der Waals surface area contributed by atoms with E-state index in [1.54, 1.807) is 23.7 Å². The van der Waals surface area contributed by atoms with Crippen molar-refractivity contribution in [3.05, 3.63) is 35.6 Å². The molecule has 0 saturated heterocycles. The molecule has 166 valence electrons. The van der Waals surface area contributed by atoms with Crippen LogP contribution >= 0.6 is 0 Å². The molecule has 0 aliphatic heterocycles. The van der Waals surface area contributed by atoms with E-state index in [2.05, 4.69) is 11.8 Å². The summed E-state index contributed by atoms with van der Waals surface area (Å²) in [4.78, 5) is 11.0. The van der Waals surface area contributed by atoms with Gasteiger partial charge in [0.2, 0.25) is 5.91 Å². The third-order valence-corrected chi connectivity index (χ3v) is 5.86. The van der Waals surface area contributed by atoms with Gasteiger partial charge in [0, 0.05) is 6.42 Å². The first-order chi connectivity index (χ1) is 14.4. The number of benzene rings is 1. The van der Waals surface area contributed by atoms with Gasteiger partial charge in [-0.3, -0.25) is 10.0 Å². The summed E-state index contributed by atoms with van der Waals surface area (Å²) in [7, 11) is 0. The van der Waals surface area contributed by atoms with Gasteiger partial charge in [0.05, 0.1) is 17.8 Å². The van der Waals surface area contributed by atoms with E-state index in [4.69, 9.17) is 5.21 Å². The van der Waals surface area contributed by atoms with Gasteiger partial charge >= 0.3 is 0 Å². The summed E-state index contributed by atoms with van der Waals surface area (Å²) in [6.45, 7) is 0. The Balaban J connectivity index is 1.77. The maximum Gasteiger partial charge on any atom is 0.243 e. The molecule has 2 rings (SSSR count). The largest absolute Gasteiger partial charge is 0.393 e. The Bertz CT molecular complexity index is 732. The van der Waals surface area contributed by atoms with E-state index in [0.29, 0.717) is 25.7 Å². The minimum atomic E-state index is -0.923. The number of unbranched alkanes of at least 4 members (excludes halogenated alkanes) is 3. The first kappa shape index (κ1) is 24.3. The summed E-state index contributed by atoms with van der Waals surface area (Å²) < 4.78 is 13.6. The zero-order valence-corrected chi connectivity index (χ0v) is 17.1. The number of hydrogen-bond donors (Lipinski definition) is 5. The topological polar surface area (TPSA) is 110 Å². The molecule has 0 heterocycles. The number of nitrogens with one attached hydrogen (secondary N) is 1. The summed E-state index contributed by atoms with van der Waals surface area (Å²) in [5.74, 6) is 4.35. The normalized spacial score (nSPS) is 24.2. The number of carbonyl (C=O) groups excluding carboxylic acids is 1. The van der Waals surface area contributed by atoms with Gasteiger partial charge in [-0.25, -0.2) is 9.87 Å². The smallest absolute Gasteiger partial charge is 0.243 e. The second kappa shape index (κ2) is 12.7. The van der Waals surface area contributed by atoms with E-state index in [1.165, 1.54) is 6.07 Å². The Morgan fingerprint density at radius 1 is 1.10 bits per heavy atom. The number of rotatable bonds is 10. The summed E-state index contributed by atoms with van der Waals surface area (Å²) in [6, 6.07) is 6.13. The lowest BCUT2D eigenvalue weighted by Crippen LogP contribution is -2.23. The van der Waals surface area contributed by atoms with Gasteiger partial charge < -0.3 is 15.3 Å². The van der Waals surface area contributed by atoms with Crippen molar-refractivity contribution in [1.29, 1.82) is 0 Å². The highest BCUT2D eigenvalue weighted by atomic mass is 19.1. The molecule has 1 saturated carbocycles. The Morgan fingerprint density at radius 3 is 2.47 bits per heavy atom. The Kier molecular flexibility index (Phi) is 10.2. The van der Waals surface area contributed by atoms with E-state index in [0.717, 1.165) is 25.7 Å². The number of amides is 1. The number of hydrogen-bond acceptors (Lipinski definition) is 5. The number of halogens is 1. The maximum atomic E-state index is 13.6. The predicted molar refractivity (Wildman–Crippen MR) is 110 cm³/mol. The van der Waals surface area contributed by atoms with Gasteiger partial charge in [-0.05, 0) is 56.1 Å². The molecule has 1 fully saturated rings. The Morgan fingerprint density at radius 2 is 1.77 bits per heavy atom. The molecule has 0 bridgehead atoms. The molecule has 5 atom stereocenters. The molecular formula is C23H32FNO5. The van der Waals surface area contributed by atoms with Crippen LogP contribution in [-0.4, -0.2) is 44.7 Å². The second-order valence-electron chi connectivity index (χ2n) is 8.03. The molecule has 5 N–H and O–H groups in total. The van der Waals surface area contributed by atoms with Gasteiger partial charge in [-0.1, -0.05) is 43.2 Å². The number of hydroxylamine groups is 1. The molecule has 1 aromatic carbocycles. The van der Waals surface area contributed by atoms with Crippen molar-refractivity contribution in [3.8, 4) is 11.8 Å². The van der Waals surface area contributed by atoms with Gasteiger partial charge in [-0.15, -0.1) is 0 Å². The summed E-state index contributed by atoms with van der Waals surface area (Å²) in [6.07, 6.45) is 3.51. The fourth-order valence-corrected chi connectivity index (χ4v) is 4.20. The van der Waals surface area contributed by atoms with Crippen LogP contribution in [0.25, 0.3) is 0 Å². The molecule has 0 spiro atoms. The van der Waals surface area contributed by atoms with Crippen LogP contribution < -0.4 is 5.48 Å².